The molecule has 0 saturated carbocycles. The van der Waals surface area contributed by atoms with Gasteiger partial charge >= 0.3 is 0 Å². The summed E-state index contributed by atoms with van der Waals surface area (Å²) in [5.41, 5.74) is 1.18. The van der Waals surface area contributed by atoms with Gasteiger partial charge in [-0.3, -0.25) is 9.97 Å². The van der Waals surface area contributed by atoms with E-state index in [-0.39, 0.29) is 11.4 Å². The standard InChI is InChI=1S/C17H17N3O3S/c1-2-23-15-8-9-16(14-7-5-11-19-17(14)15)24(21,22)20-12-13-6-3-4-10-18-13/h3-11,20H,2,12H2,1H3. The average Bonchev–Trinajstić information content (AvgIpc) is 2.61. The van der Waals surface area contributed by atoms with Gasteiger partial charge in [-0.05, 0) is 43.3 Å². The van der Waals surface area contributed by atoms with Gasteiger partial charge in [-0.2, -0.15) is 0 Å². The quantitative estimate of drug-likeness (QED) is 0.744. The monoisotopic (exact) mass is 343 g/mol. The molecule has 1 aromatic carbocycles. The van der Waals surface area contributed by atoms with Crippen molar-refractivity contribution < 1.29 is 13.2 Å². The lowest BCUT2D eigenvalue weighted by Gasteiger charge is -2.12. The summed E-state index contributed by atoms with van der Waals surface area (Å²) in [4.78, 5) is 8.55. The van der Waals surface area contributed by atoms with Crippen LogP contribution in [0.25, 0.3) is 10.9 Å². The summed E-state index contributed by atoms with van der Waals surface area (Å²) in [5, 5.41) is 0.525. The second kappa shape index (κ2) is 6.94. The third-order valence-electron chi connectivity index (χ3n) is 3.45. The Kier molecular flexibility index (Phi) is 4.73. The Hall–Kier alpha value is -2.51. The van der Waals surface area contributed by atoms with Gasteiger partial charge in [-0.25, -0.2) is 13.1 Å². The average molecular weight is 343 g/mol. The zero-order valence-corrected chi connectivity index (χ0v) is 14.0. The van der Waals surface area contributed by atoms with E-state index in [0.717, 1.165) is 0 Å². The minimum absolute atomic E-state index is 0.123. The first-order chi connectivity index (χ1) is 11.6. The van der Waals surface area contributed by atoms with Crippen molar-refractivity contribution in [1.82, 2.24) is 14.7 Å². The molecule has 2 heterocycles. The minimum Gasteiger partial charge on any atom is -0.492 e. The number of hydrogen-bond donors (Lipinski definition) is 1. The van der Waals surface area contributed by atoms with Crippen molar-refractivity contribution in [2.75, 3.05) is 6.61 Å². The molecule has 1 N–H and O–H groups in total. The van der Waals surface area contributed by atoms with E-state index in [4.69, 9.17) is 4.74 Å². The molecule has 6 nitrogen and oxygen atoms in total. The van der Waals surface area contributed by atoms with E-state index in [1.54, 1.807) is 42.7 Å². The molecule has 3 rings (SSSR count). The molecular weight excluding hydrogens is 326 g/mol. The minimum atomic E-state index is -3.70. The maximum absolute atomic E-state index is 12.7. The molecule has 0 aliphatic carbocycles. The molecule has 0 aliphatic heterocycles. The van der Waals surface area contributed by atoms with Crippen LogP contribution in [0.15, 0.2) is 59.8 Å². The van der Waals surface area contributed by atoms with Gasteiger partial charge in [0.05, 0.1) is 23.7 Å². The van der Waals surface area contributed by atoms with Gasteiger partial charge in [0.25, 0.3) is 0 Å². The smallest absolute Gasteiger partial charge is 0.241 e. The topological polar surface area (TPSA) is 81.2 Å². The fourth-order valence-corrected chi connectivity index (χ4v) is 3.57. The van der Waals surface area contributed by atoms with Crippen molar-refractivity contribution in [2.24, 2.45) is 0 Å². The number of rotatable bonds is 6. The van der Waals surface area contributed by atoms with E-state index < -0.39 is 10.0 Å². The van der Waals surface area contributed by atoms with Crippen LogP contribution in [0.3, 0.4) is 0 Å². The Morgan fingerprint density at radius 2 is 1.88 bits per heavy atom. The molecule has 124 valence electrons. The van der Waals surface area contributed by atoms with Gasteiger partial charge < -0.3 is 4.74 Å². The summed E-state index contributed by atoms with van der Waals surface area (Å²) >= 11 is 0. The molecule has 0 atom stereocenters. The van der Waals surface area contributed by atoms with Gasteiger partial charge in [-0.15, -0.1) is 0 Å². The van der Waals surface area contributed by atoms with Crippen LogP contribution in [-0.4, -0.2) is 25.0 Å². The second-order valence-electron chi connectivity index (χ2n) is 5.04. The number of pyridine rings is 2. The summed E-state index contributed by atoms with van der Waals surface area (Å²) in [6.45, 7) is 2.47. The predicted molar refractivity (Wildman–Crippen MR) is 91.2 cm³/mol. The lowest BCUT2D eigenvalue weighted by Crippen LogP contribution is -2.24. The third kappa shape index (κ3) is 3.37. The van der Waals surface area contributed by atoms with Gasteiger partial charge in [0.1, 0.15) is 11.3 Å². The van der Waals surface area contributed by atoms with Crippen molar-refractivity contribution in [3.05, 3.63) is 60.6 Å². The zero-order chi connectivity index (χ0) is 17.0. The Bertz CT molecular complexity index is 944. The number of ether oxygens (including phenoxy) is 1. The molecule has 0 unspecified atom stereocenters. The van der Waals surface area contributed by atoms with Crippen LogP contribution in [0, 0.1) is 0 Å². The third-order valence-corrected chi connectivity index (χ3v) is 4.91. The summed E-state index contributed by atoms with van der Waals surface area (Å²) in [7, 11) is -3.70. The molecule has 0 bridgehead atoms. The zero-order valence-electron chi connectivity index (χ0n) is 13.1. The van der Waals surface area contributed by atoms with E-state index in [1.807, 2.05) is 13.0 Å². The van der Waals surface area contributed by atoms with Crippen molar-refractivity contribution in [2.45, 2.75) is 18.4 Å². The molecule has 0 aliphatic rings. The fraction of sp³-hybridized carbons (Fsp3) is 0.176. The largest absolute Gasteiger partial charge is 0.492 e. The highest BCUT2D eigenvalue weighted by Crippen LogP contribution is 2.29. The summed E-state index contributed by atoms with van der Waals surface area (Å²) in [6, 6.07) is 12.0. The van der Waals surface area contributed by atoms with Crippen LogP contribution >= 0.6 is 0 Å². The normalized spacial score (nSPS) is 11.5. The maximum Gasteiger partial charge on any atom is 0.241 e. The predicted octanol–water partition coefficient (Wildman–Crippen LogP) is 2.51. The van der Waals surface area contributed by atoms with Crippen LogP contribution < -0.4 is 9.46 Å². The highest BCUT2D eigenvalue weighted by Gasteiger charge is 2.19. The summed E-state index contributed by atoms with van der Waals surface area (Å²) in [6.07, 6.45) is 3.24. The number of benzene rings is 1. The first kappa shape index (κ1) is 16.4. The molecule has 24 heavy (non-hydrogen) atoms. The van der Waals surface area contributed by atoms with Crippen molar-refractivity contribution in [3.63, 3.8) is 0 Å². The Labute approximate surface area is 140 Å². The molecular formula is C17H17N3O3S. The van der Waals surface area contributed by atoms with Crippen LogP contribution in [-0.2, 0) is 16.6 Å². The van der Waals surface area contributed by atoms with Crippen LogP contribution in [0.1, 0.15) is 12.6 Å². The molecule has 2 aromatic heterocycles. The molecule has 0 amide bonds. The lowest BCUT2D eigenvalue weighted by atomic mass is 10.2. The highest BCUT2D eigenvalue weighted by atomic mass is 32.2. The van der Waals surface area contributed by atoms with Crippen molar-refractivity contribution >= 4 is 20.9 Å². The Balaban J connectivity index is 1.97. The van der Waals surface area contributed by atoms with Crippen molar-refractivity contribution in [1.29, 1.82) is 0 Å². The lowest BCUT2D eigenvalue weighted by molar-refractivity contribution is 0.343. The number of sulfonamides is 1. The SMILES string of the molecule is CCOc1ccc(S(=O)(=O)NCc2ccccn2)c2cccnc12. The van der Waals surface area contributed by atoms with Gasteiger partial charge in [-0.1, -0.05) is 6.07 Å². The van der Waals surface area contributed by atoms with E-state index >= 15 is 0 Å². The van der Waals surface area contributed by atoms with Crippen LogP contribution in [0.5, 0.6) is 5.75 Å². The molecule has 3 aromatic rings. The number of aromatic nitrogens is 2. The maximum atomic E-state index is 12.7. The second-order valence-corrected chi connectivity index (χ2v) is 6.78. The first-order valence-electron chi connectivity index (χ1n) is 7.52. The van der Waals surface area contributed by atoms with Gasteiger partial charge in [0, 0.05) is 17.8 Å². The van der Waals surface area contributed by atoms with E-state index in [1.165, 1.54) is 6.07 Å². The molecule has 0 radical (unpaired) electrons. The van der Waals surface area contributed by atoms with Gasteiger partial charge in [0.2, 0.25) is 10.0 Å². The molecule has 7 heteroatoms. The Morgan fingerprint density at radius 1 is 1.04 bits per heavy atom. The van der Waals surface area contributed by atoms with Gasteiger partial charge in [0.15, 0.2) is 0 Å². The van der Waals surface area contributed by atoms with E-state index in [9.17, 15) is 8.42 Å². The van der Waals surface area contributed by atoms with Crippen molar-refractivity contribution in [3.8, 4) is 5.75 Å². The van der Waals surface area contributed by atoms with E-state index in [0.29, 0.717) is 29.0 Å². The molecule has 0 fully saturated rings. The number of fused-ring (bicyclic) bond motifs is 1. The number of nitrogens with zero attached hydrogens (tertiary/aromatic N) is 2. The first-order valence-corrected chi connectivity index (χ1v) is 9.00. The summed E-state index contributed by atoms with van der Waals surface area (Å²) in [5.74, 6) is 0.566. The number of nitrogens with one attached hydrogen (secondary N) is 1. The van der Waals surface area contributed by atoms with E-state index in [2.05, 4.69) is 14.7 Å². The highest BCUT2D eigenvalue weighted by molar-refractivity contribution is 7.89. The fourth-order valence-electron chi connectivity index (χ4n) is 2.38. The molecule has 0 spiro atoms. The Morgan fingerprint density at radius 3 is 2.62 bits per heavy atom. The number of hydrogen-bond acceptors (Lipinski definition) is 5. The van der Waals surface area contributed by atoms with Crippen LogP contribution in [0.4, 0.5) is 0 Å². The summed E-state index contributed by atoms with van der Waals surface area (Å²) < 4.78 is 33.5. The molecule has 0 saturated heterocycles. The van der Waals surface area contributed by atoms with Crippen LogP contribution in [0.2, 0.25) is 0 Å².